The fourth-order valence-electron chi connectivity index (χ4n) is 1.55. The summed E-state index contributed by atoms with van der Waals surface area (Å²) in [7, 11) is 0. The Morgan fingerprint density at radius 1 is 1.22 bits per heavy atom. The Labute approximate surface area is 115 Å². The Morgan fingerprint density at radius 3 is 2.61 bits per heavy atom. The van der Waals surface area contributed by atoms with Crippen LogP contribution in [0.5, 0.6) is 0 Å². The highest BCUT2D eigenvalue weighted by Crippen LogP contribution is 2.31. The molecule has 0 saturated heterocycles. The van der Waals surface area contributed by atoms with Gasteiger partial charge in [-0.05, 0) is 48.9 Å². The van der Waals surface area contributed by atoms with E-state index in [1.54, 1.807) is 23.9 Å². The zero-order valence-electron chi connectivity index (χ0n) is 9.68. The number of hydrogen-bond acceptors (Lipinski definition) is 2. The van der Waals surface area contributed by atoms with Crippen molar-refractivity contribution in [1.29, 1.82) is 0 Å². The van der Waals surface area contributed by atoms with E-state index in [1.165, 1.54) is 0 Å². The summed E-state index contributed by atoms with van der Waals surface area (Å²) < 4.78 is 0. The minimum atomic E-state index is -0.905. The minimum absolute atomic E-state index is 0.308. The van der Waals surface area contributed by atoms with Crippen LogP contribution in [0.15, 0.2) is 52.3 Å². The van der Waals surface area contributed by atoms with Crippen molar-refractivity contribution >= 4 is 29.3 Å². The highest BCUT2D eigenvalue weighted by molar-refractivity contribution is 7.99. The Hall–Kier alpha value is -1.45. The van der Waals surface area contributed by atoms with E-state index in [9.17, 15) is 4.79 Å². The molecule has 1 N–H and O–H groups in total. The van der Waals surface area contributed by atoms with Crippen molar-refractivity contribution in [2.45, 2.75) is 16.7 Å². The summed E-state index contributed by atoms with van der Waals surface area (Å²) in [5.74, 6) is -0.905. The van der Waals surface area contributed by atoms with Gasteiger partial charge < -0.3 is 5.11 Å². The first-order valence-corrected chi connectivity index (χ1v) is 6.53. The van der Waals surface area contributed by atoms with Crippen LogP contribution in [-0.2, 0) is 0 Å². The van der Waals surface area contributed by atoms with Crippen molar-refractivity contribution in [3.63, 3.8) is 0 Å². The standard InChI is InChI=1S/C14H11ClO2S/c1-9-7-10(14(16)17)5-6-13(9)18-12-4-2-3-11(15)8-12/h2-8H,1H3,(H,16,17). The van der Waals surface area contributed by atoms with E-state index in [0.717, 1.165) is 15.4 Å². The lowest BCUT2D eigenvalue weighted by Crippen LogP contribution is -1.96. The number of rotatable bonds is 3. The topological polar surface area (TPSA) is 37.3 Å². The first-order valence-electron chi connectivity index (χ1n) is 5.33. The lowest BCUT2D eigenvalue weighted by molar-refractivity contribution is 0.0696. The van der Waals surface area contributed by atoms with Crippen LogP contribution >= 0.6 is 23.4 Å². The predicted molar refractivity (Wildman–Crippen MR) is 73.7 cm³/mol. The third kappa shape index (κ3) is 3.06. The second-order valence-electron chi connectivity index (χ2n) is 3.84. The summed E-state index contributed by atoms with van der Waals surface area (Å²) in [5, 5.41) is 9.60. The largest absolute Gasteiger partial charge is 0.478 e. The van der Waals surface area contributed by atoms with Gasteiger partial charge in [0.15, 0.2) is 0 Å². The summed E-state index contributed by atoms with van der Waals surface area (Å²) in [6, 6.07) is 12.7. The van der Waals surface area contributed by atoms with Crippen LogP contribution in [0.3, 0.4) is 0 Å². The van der Waals surface area contributed by atoms with Gasteiger partial charge in [-0.3, -0.25) is 0 Å². The molecule has 0 saturated carbocycles. The van der Waals surface area contributed by atoms with E-state index in [1.807, 2.05) is 37.3 Å². The van der Waals surface area contributed by atoms with Gasteiger partial charge >= 0.3 is 5.97 Å². The number of aryl methyl sites for hydroxylation is 1. The monoisotopic (exact) mass is 278 g/mol. The highest BCUT2D eigenvalue weighted by atomic mass is 35.5. The zero-order valence-corrected chi connectivity index (χ0v) is 11.3. The lowest BCUT2D eigenvalue weighted by Gasteiger charge is -2.06. The third-order valence-corrected chi connectivity index (χ3v) is 3.85. The summed E-state index contributed by atoms with van der Waals surface area (Å²) >= 11 is 7.50. The van der Waals surface area contributed by atoms with Crippen molar-refractivity contribution < 1.29 is 9.90 Å². The number of carboxylic acid groups (broad SMARTS) is 1. The molecule has 0 bridgehead atoms. The number of carbonyl (C=O) groups is 1. The first-order chi connectivity index (χ1) is 8.56. The summed E-state index contributed by atoms with van der Waals surface area (Å²) in [4.78, 5) is 12.9. The van der Waals surface area contributed by atoms with Crippen LogP contribution in [0.1, 0.15) is 15.9 Å². The zero-order chi connectivity index (χ0) is 13.1. The summed E-state index contributed by atoms with van der Waals surface area (Å²) in [6.07, 6.45) is 0. The smallest absolute Gasteiger partial charge is 0.335 e. The molecule has 0 unspecified atom stereocenters. The number of halogens is 1. The molecule has 0 amide bonds. The van der Waals surface area contributed by atoms with Gasteiger partial charge in [-0.25, -0.2) is 4.79 Å². The van der Waals surface area contributed by atoms with Gasteiger partial charge in [0, 0.05) is 14.8 Å². The molecule has 2 rings (SSSR count). The van der Waals surface area contributed by atoms with Crippen LogP contribution in [0.25, 0.3) is 0 Å². The van der Waals surface area contributed by atoms with Gasteiger partial charge in [-0.2, -0.15) is 0 Å². The lowest BCUT2D eigenvalue weighted by atomic mass is 10.1. The Kier molecular flexibility index (Phi) is 3.94. The Balaban J connectivity index is 2.27. The molecule has 0 aliphatic carbocycles. The normalized spacial score (nSPS) is 10.3. The molecule has 0 radical (unpaired) electrons. The van der Waals surface area contributed by atoms with Gasteiger partial charge in [0.1, 0.15) is 0 Å². The van der Waals surface area contributed by atoms with E-state index >= 15 is 0 Å². The SMILES string of the molecule is Cc1cc(C(=O)O)ccc1Sc1cccc(Cl)c1. The quantitative estimate of drug-likeness (QED) is 0.898. The third-order valence-electron chi connectivity index (χ3n) is 2.45. The number of hydrogen-bond donors (Lipinski definition) is 1. The average Bonchev–Trinajstić information content (AvgIpc) is 2.31. The fraction of sp³-hybridized carbons (Fsp3) is 0.0714. The molecule has 0 fully saturated rings. The first kappa shape index (κ1) is 13.0. The van der Waals surface area contributed by atoms with Crippen LogP contribution < -0.4 is 0 Å². The average molecular weight is 279 g/mol. The van der Waals surface area contributed by atoms with Gasteiger partial charge in [0.05, 0.1) is 5.56 Å². The molecule has 2 aromatic carbocycles. The molecule has 0 aromatic heterocycles. The maximum atomic E-state index is 10.8. The molecule has 0 aliphatic rings. The van der Waals surface area contributed by atoms with E-state index < -0.39 is 5.97 Å². The van der Waals surface area contributed by atoms with Gasteiger partial charge in [0.25, 0.3) is 0 Å². The Morgan fingerprint density at radius 2 is 2.00 bits per heavy atom. The number of aromatic carboxylic acids is 1. The second kappa shape index (κ2) is 5.46. The van der Waals surface area contributed by atoms with Crippen LogP contribution in [0.2, 0.25) is 5.02 Å². The van der Waals surface area contributed by atoms with E-state index in [4.69, 9.17) is 16.7 Å². The molecule has 0 atom stereocenters. The Bertz CT molecular complexity index is 596. The molecule has 0 heterocycles. The van der Waals surface area contributed by atoms with Crippen molar-refractivity contribution in [2.75, 3.05) is 0 Å². The molecule has 92 valence electrons. The van der Waals surface area contributed by atoms with Crippen molar-refractivity contribution in [3.8, 4) is 0 Å². The highest BCUT2D eigenvalue weighted by Gasteiger charge is 2.07. The molecular weight excluding hydrogens is 268 g/mol. The van der Waals surface area contributed by atoms with E-state index in [0.29, 0.717) is 10.6 Å². The molecular formula is C14H11ClO2S. The maximum absolute atomic E-state index is 10.8. The maximum Gasteiger partial charge on any atom is 0.335 e. The van der Waals surface area contributed by atoms with Gasteiger partial charge in [-0.1, -0.05) is 29.4 Å². The summed E-state index contributed by atoms with van der Waals surface area (Å²) in [5.41, 5.74) is 1.25. The molecule has 0 spiro atoms. The van der Waals surface area contributed by atoms with Gasteiger partial charge in [0.2, 0.25) is 0 Å². The molecule has 2 nitrogen and oxygen atoms in total. The van der Waals surface area contributed by atoms with Crippen molar-refractivity contribution in [2.24, 2.45) is 0 Å². The second-order valence-corrected chi connectivity index (χ2v) is 5.40. The predicted octanol–water partition coefficient (Wildman–Crippen LogP) is 4.50. The molecule has 2 aromatic rings. The minimum Gasteiger partial charge on any atom is -0.478 e. The molecule has 18 heavy (non-hydrogen) atoms. The summed E-state index contributed by atoms with van der Waals surface area (Å²) in [6.45, 7) is 1.90. The molecule has 4 heteroatoms. The number of carboxylic acids is 1. The van der Waals surface area contributed by atoms with Crippen LogP contribution in [0, 0.1) is 6.92 Å². The van der Waals surface area contributed by atoms with Gasteiger partial charge in [-0.15, -0.1) is 0 Å². The van der Waals surface area contributed by atoms with E-state index in [-0.39, 0.29) is 0 Å². The van der Waals surface area contributed by atoms with Crippen LogP contribution in [-0.4, -0.2) is 11.1 Å². The fourth-order valence-corrected chi connectivity index (χ4v) is 2.75. The number of benzene rings is 2. The van der Waals surface area contributed by atoms with Crippen molar-refractivity contribution in [3.05, 3.63) is 58.6 Å². The van der Waals surface area contributed by atoms with E-state index in [2.05, 4.69) is 0 Å². The van der Waals surface area contributed by atoms with Crippen LogP contribution in [0.4, 0.5) is 0 Å². The van der Waals surface area contributed by atoms with Crippen molar-refractivity contribution in [1.82, 2.24) is 0 Å². The molecule has 0 aliphatic heterocycles.